The lowest BCUT2D eigenvalue weighted by Gasteiger charge is -2.07. The molecule has 3 aromatic rings. The average molecular weight is 321 g/mol. The van der Waals surface area contributed by atoms with Crippen LogP contribution in [0.3, 0.4) is 0 Å². The number of rotatable bonds is 5. The number of nitrogens with zero attached hydrogens (tertiary/aromatic N) is 2. The van der Waals surface area contributed by atoms with Gasteiger partial charge in [0.05, 0.1) is 12.2 Å². The molecule has 0 atom stereocenters. The Kier molecular flexibility index (Phi) is 4.61. The summed E-state index contributed by atoms with van der Waals surface area (Å²) in [6.45, 7) is 2.55. The molecule has 0 aliphatic carbocycles. The first-order chi connectivity index (χ1) is 11.7. The van der Waals surface area contributed by atoms with E-state index in [-0.39, 0.29) is 5.91 Å². The van der Waals surface area contributed by atoms with Gasteiger partial charge in [0, 0.05) is 24.5 Å². The summed E-state index contributed by atoms with van der Waals surface area (Å²) >= 11 is 0. The Labute approximate surface area is 140 Å². The van der Waals surface area contributed by atoms with Crippen molar-refractivity contribution in [2.75, 3.05) is 11.9 Å². The lowest BCUT2D eigenvalue weighted by Crippen LogP contribution is -2.12. The summed E-state index contributed by atoms with van der Waals surface area (Å²) in [7, 11) is 1.81. The van der Waals surface area contributed by atoms with E-state index in [0.717, 1.165) is 11.3 Å². The molecule has 0 bridgehead atoms. The predicted octanol–water partition coefficient (Wildman–Crippen LogP) is 3.74. The first-order valence-electron chi connectivity index (χ1n) is 7.80. The number of nitrogens with one attached hydrogen (secondary N) is 1. The van der Waals surface area contributed by atoms with Crippen molar-refractivity contribution in [3.63, 3.8) is 0 Å². The Bertz CT molecular complexity index is 824. The van der Waals surface area contributed by atoms with Crippen molar-refractivity contribution < 1.29 is 9.53 Å². The van der Waals surface area contributed by atoms with Gasteiger partial charge < -0.3 is 10.1 Å². The molecular formula is C19H19N3O2. The molecule has 0 fully saturated rings. The van der Waals surface area contributed by atoms with E-state index >= 15 is 0 Å². The van der Waals surface area contributed by atoms with Gasteiger partial charge in [-0.3, -0.25) is 9.48 Å². The number of amides is 1. The fraction of sp³-hybridized carbons (Fsp3) is 0.158. The highest BCUT2D eigenvalue weighted by molar-refractivity contribution is 6.08. The Morgan fingerprint density at radius 2 is 1.83 bits per heavy atom. The maximum atomic E-state index is 12.6. The SMILES string of the molecule is CCOc1ccc(NC(=O)c2cn(C)nc2-c2ccccc2)cc1. The number of benzene rings is 2. The van der Waals surface area contributed by atoms with E-state index in [0.29, 0.717) is 23.6 Å². The Morgan fingerprint density at radius 3 is 2.50 bits per heavy atom. The summed E-state index contributed by atoms with van der Waals surface area (Å²) in [4.78, 5) is 12.6. The number of carbonyl (C=O) groups excluding carboxylic acids is 1. The third kappa shape index (κ3) is 3.46. The lowest BCUT2D eigenvalue weighted by atomic mass is 10.1. The van der Waals surface area contributed by atoms with Crippen LogP contribution in [-0.2, 0) is 7.05 Å². The average Bonchev–Trinajstić information content (AvgIpc) is 3.00. The molecule has 0 saturated heterocycles. The minimum absolute atomic E-state index is 0.189. The number of hydrogen-bond donors (Lipinski definition) is 1. The minimum atomic E-state index is -0.189. The molecular weight excluding hydrogens is 302 g/mol. The van der Waals surface area contributed by atoms with Crippen molar-refractivity contribution in [3.05, 3.63) is 66.4 Å². The second-order valence-electron chi connectivity index (χ2n) is 5.34. The lowest BCUT2D eigenvalue weighted by molar-refractivity contribution is 0.102. The molecule has 24 heavy (non-hydrogen) atoms. The van der Waals surface area contributed by atoms with Crippen molar-refractivity contribution in [2.45, 2.75) is 6.92 Å². The number of ether oxygens (including phenoxy) is 1. The summed E-state index contributed by atoms with van der Waals surface area (Å²) < 4.78 is 7.05. The zero-order chi connectivity index (χ0) is 16.9. The third-order valence-corrected chi connectivity index (χ3v) is 3.54. The van der Waals surface area contributed by atoms with Crippen LogP contribution in [0.1, 0.15) is 17.3 Å². The summed E-state index contributed by atoms with van der Waals surface area (Å²) in [6, 6.07) is 17.0. The molecule has 1 aromatic heterocycles. The maximum absolute atomic E-state index is 12.6. The van der Waals surface area contributed by atoms with E-state index in [4.69, 9.17) is 4.74 Å². The molecule has 0 saturated carbocycles. The van der Waals surface area contributed by atoms with Gasteiger partial charge in [-0.2, -0.15) is 5.10 Å². The maximum Gasteiger partial charge on any atom is 0.259 e. The number of carbonyl (C=O) groups is 1. The van der Waals surface area contributed by atoms with Gasteiger partial charge in [0.15, 0.2) is 0 Å². The third-order valence-electron chi connectivity index (χ3n) is 3.54. The van der Waals surface area contributed by atoms with Crippen LogP contribution >= 0.6 is 0 Å². The summed E-state index contributed by atoms with van der Waals surface area (Å²) in [6.07, 6.45) is 1.73. The fourth-order valence-corrected chi connectivity index (χ4v) is 2.46. The van der Waals surface area contributed by atoms with Gasteiger partial charge in [-0.05, 0) is 31.2 Å². The standard InChI is InChI=1S/C19H19N3O2/c1-3-24-16-11-9-15(10-12-16)20-19(23)17-13-22(2)21-18(17)14-7-5-4-6-8-14/h4-13H,3H2,1-2H3,(H,20,23). The molecule has 122 valence electrons. The van der Waals surface area contributed by atoms with Gasteiger partial charge in [-0.25, -0.2) is 0 Å². The predicted molar refractivity (Wildman–Crippen MR) is 94.2 cm³/mol. The summed E-state index contributed by atoms with van der Waals surface area (Å²) in [5, 5.41) is 7.32. The molecule has 0 aliphatic heterocycles. The molecule has 1 N–H and O–H groups in total. The van der Waals surface area contributed by atoms with Crippen molar-refractivity contribution in [1.29, 1.82) is 0 Å². The molecule has 0 aliphatic rings. The van der Waals surface area contributed by atoms with E-state index in [9.17, 15) is 4.79 Å². The topological polar surface area (TPSA) is 56.1 Å². The molecule has 1 heterocycles. The number of aryl methyl sites for hydroxylation is 1. The first kappa shape index (κ1) is 15.8. The molecule has 0 radical (unpaired) electrons. The van der Waals surface area contributed by atoms with Gasteiger partial charge in [-0.15, -0.1) is 0 Å². The van der Waals surface area contributed by atoms with E-state index in [1.807, 2.05) is 61.5 Å². The Hall–Kier alpha value is -3.08. The quantitative estimate of drug-likeness (QED) is 0.779. The second kappa shape index (κ2) is 7.00. The van der Waals surface area contributed by atoms with Gasteiger partial charge in [0.1, 0.15) is 11.4 Å². The second-order valence-corrected chi connectivity index (χ2v) is 5.34. The van der Waals surface area contributed by atoms with Crippen molar-refractivity contribution >= 4 is 11.6 Å². The van der Waals surface area contributed by atoms with Crippen LogP contribution in [0.5, 0.6) is 5.75 Å². The van der Waals surface area contributed by atoms with Gasteiger partial charge >= 0.3 is 0 Å². The highest BCUT2D eigenvalue weighted by Gasteiger charge is 2.17. The van der Waals surface area contributed by atoms with Crippen LogP contribution in [0.15, 0.2) is 60.8 Å². The van der Waals surface area contributed by atoms with Crippen LogP contribution in [0.4, 0.5) is 5.69 Å². The van der Waals surface area contributed by atoms with E-state index in [2.05, 4.69) is 10.4 Å². The molecule has 0 unspecified atom stereocenters. The molecule has 5 nitrogen and oxygen atoms in total. The number of anilines is 1. The monoisotopic (exact) mass is 321 g/mol. The number of aromatic nitrogens is 2. The van der Waals surface area contributed by atoms with Crippen LogP contribution in [0, 0.1) is 0 Å². The zero-order valence-electron chi connectivity index (χ0n) is 13.7. The molecule has 2 aromatic carbocycles. The summed E-state index contributed by atoms with van der Waals surface area (Å²) in [5.74, 6) is 0.591. The van der Waals surface area contributed by atoms with Crippen molar-refractivity contribution in [1.82, 2.24) is 9.78 Å². The van der Waals surface area contributed by atoms with E-state index < -0.39 is 0 Å². The van der Waals surface area contributed by atoms with Crippen LogP contribution in [0.25, 0.3) is 11.3 Å². The summed E-state index contributed by atoms with van der Waals surface area (Å²) in [5.41, 5.74) is 2.83. The highest BCUT2D eigenvalue weighted by Crippen LogP contribution is 2.23. The first-order valence-corrected chi connectivity index (χ1v) is 7.80. The van der Waals surface area contributed by atoms with Crippen molar-refractivity contribution in [2.24, 2.45) is 7.05 Å². The largest absolute Gasteiger partial charge is 0.494 e. The van der Waals surface area contributed by atoms with Crippen LogP contribution < -0.4 is 10.1 Å². The Morgan fingerprint density at radius 1 is 1.12 bits per heavy atom. The van der Waals surface area contributed by atoms with Crippen LogP contribution in [-0.4, -0.2) is 22.3 Å². The fourth-order valence-electron chi connectivity index (χ4n) is 2.46. The van der Waals surface area contributed by atoms with Crippen LogP contribution in [0.2, 0.25) is 0 Å². The normalized spacial score (nSPS) is 10.4. The minimum Gasteiger partial charge on any atom is -0.494 e. The molecule has 1 amide bonds. The van der Waals surface area contributed by atoms with E-state index in [1.54, 1.807) is 17.9 Å². The van der Waals surface area contributed by atoms with Gasteiger partial charge in [-0.1, -0.05) is 30.3 Å². The number of hydrogen-bond acceptors (Lipinski definition) is 3. The Balaban J connectivity index is 1.83. The molecule has 3 rings (SSSR count). The smallest absolute Gasteiger partial charge is 0.259 e. The zero-order valence-corrected chi connectivity index (χ0v) is 13.7. The molecule has 5 heteroatoms. The van der Waals surface area contributed by atoms with E-state index in [1.165, 1.54) is 0 Å². The molecule has 0 spiro atoms. The van der Waals surface area contributed by atoms with Crippen molar-refractivity contribution in [3.8, 4) is 17.0 Å². The van der Waals surface area contributed by atoms with Gasteiger partial charge in [0.25, 0.3) is 5.91 Å². The van der Waals surface area contributed by atoms with Gasteiger partial charge in [0.2, 0.25) is 0 Å². The highest BCUT2D eigenvalue weighted by atomic mass is 16.5.